The van der Waals surface area contributed by atoms with E-state index in [1.807, 2.05) is 7.05 Å². The molecule has 0 spiro atoms. The lowest BCUT2D eigenvalue weighted by Gasteiger charge is -2.11. The maximum atomic E-state index is 4.34. The second-order valence-corrected chi connectivity index (χ2v) is 5.24. The Morgan fingerprint density at radius 3 is 2.53 bits per heavy atom. The second-order valence-electron chi connectivity index (χ2n) is 3.94. The number of halogens is 1. The molecule has 86 valence electrons. The molecule has 0 fully saturated rings. The highest BCUT2D eigenvalue weighted by Crippen LogP contribution is 2.25. The predicted octanol–water partition coefficient (Wildman–Crippen LogP) is 4.52. The SMILES string of the molecule is C=C(I)C(=NC)c1ccc2ccccc2c1C. The van der Waals surface area contributed by atoms with Crippen LogP contribution in [0, 0.1) is 6.92 Å². The van der Waals surface area contributed by atoms with Gasteiger partial charge in [-0.05, 0) is 45.9 Å². The first-order chi connectivity index (χ1) is 8.15. The van der Waals surface area contributed by atoms with Crippen molar-refractivity contribution in [2.24, 2.45) is 4.99 Å². The van der Waals surface area contributed by atoms with E-state index in [1.165, 1.54) is 21.9 Å². The van der Waals surface area contributed by atoms with Crippen LogP contribution in [0.3, 0.4) is 0 Å². The topological polar surface area (TPSA) is 12.4 Å². The van der Waals surface area contributed by atoms with Gasteiger partial charge in [0, 0.05) is 16.2 Å². The van der Waals surface area contributed by atoms with Crippen molar-refractivity contribution in [3.8, 4) is 0 Å². The van der Waals surface area contributed by atoms with Crippen molar-refractivity contribution >= 4 is 39.1 Å². The van der Waals surface area contributed by atoms with Crippen LogP contribution in [0.4, 0.5) is 0 Å². The third kappa shape index (κ3) is 2.27. The minimum atomic E-state index is 0.975. The van der Waals surface area contributed by atoms with E-state index in [0.29, 0.717) is 0 Å². The predicted molar refractivity (Wildman–Crippen MR) is 84.3 cm³/mol. The van der Waals surface area contributed by atoms with Crippen LogP contribution in [0.5, 0.6) is 0 Å². The Balaban J connectivity index is 2.72. The summed E-state index contributed by atoms with van der Waals surface area (Å²) in [5.74, 6) is 0. The second kappa shape index (κ2) is 5.00. The molecule has 2 aromatic carbocycles. The van der Waals surface area contributed by atoms with Crippen LogP contribution in [-0.4, -0.2) is 12.8 Å². The minimum Gasteiger partial charge on any atom is -0.287 e. The Kier molecular flexibility index (Phi) is 3.62. The van der Waals surface area contributed by atoms with Crippen LogP contribution in [0.1, 0.15) is 11.1 Å². The average molecular weight is 335 g/mol. The molecule has 0 amide bonds. The molecule has 0 saturated carbocycles. The van der Waals surface area contributed by atoms with Crippen molar-refractivity contribution in [2.45, 2.75) is 6.92 Å². The van der Waals surface area contributed by atoms with Crippen LogP contribution >= 0.6 is 22.6 Å². The van der Waals surface area contributed by atoms with Gasteiger partial charge in [-0.15, -0.1) is 0 Å². The quantitative estimate of drug-likeness (QED) is 0.565. The molecular weight excluding hydrogens is 321 g/mol. The largest absolute Gasteiger partial charge is 0.287 e. The zero-order valence-electron chi connectivity index (χ0n) is 10.00. The van der Waals surface area contributed by atoms with Gasteiger partial charge in [-0.1, -0.05) is 43.0 Å². The molecule has 0 aliphatic heterocycles. The van der Waals surface area contributed by atoms with E-state index >= 15 is 0 Å². The van der Waals surface area contributed by atoms with E-state index in [-0.39, 0.29) is 0 Å². The lowest BCUT2D eigenvalue weighted by atomic mass is 9.97. The van der Waals surface area contributed by atoms with Gasteiger partial charge in [0.05, 0.1) is 5.71 Å². The summed E-state index contributed by atoms with van der Waals surface area (Å²) in [6, 6.07) is 12.7. The van der Waals surface area contributed by atoms with Crippen molar-refractivity contribution in [3.63, 3.8) is 0 Å². The molecule has 0 aliphatic carbocycles. The van der Waals surface area contributed by atoms with Crippen LogP contribution in [0.25, 0.3) is 10.8 Å². The van der Waals surface area contributed by atoms with Crippen molar-refractivity contribution in [2.75, 3.05) is 7.05 Å². The number of benzene rings is 2. The summed E-state index contributed by atoms with van der Waals surface area (Å²) < 4.78 is 0.975. The van der Waals surface area contributed by atoms with Gasteiger partial charge >= 0.3 is 0 Å². The van der Waals surface area contributed by atoms with Crippen LogP contribution in [0.2, 0.25) is 0 Å². The molecule has 0 heterocycles. The van der Waals surface area contributed by atoms with Gasteiger partial charge < -0.3 is 0 Å². The third-order valence-electron chi connectivity index (χ3n) is 2.93. The van der Waals surface area contributed by atoms with Crippen molar-refractivity contribution in [1.82, 2.24) is 0 Å². The standard InChI is InChI=1S/C15H14IN/c1-10-13-7-5-4-6-12(13)8-9-14(10)15(17-3)11(2)16/h4-9H,2H2,1,3H3. The Bertz CT molecular complexity index is 611. The average Bonchev–Trinajstić information content (AvgIpc) is 2.33. The summed E-state index contributed by atoms with van der Waals surface area (Å²) in [5.41, 5.74) is 3.42. The molecule has 0 atom stereocenters. The summed E-state index contributed by atoms with van der Waals surface area (Å²) in [4.78, 5) is 4.34. The smallest absolute Gasteiger partial charge is 0.0773 e. The molecule has 0 bridgehead atoms. The molecule has 0 N–H and O–H groups in total. The number of hydrogen-bond donors (Lipinski definition) is 0. The fourth-order valence-electron chi connectivity index (χ4n) is 2.07. The van der Waals surface area contributed by atoms with Crippen molar-refractivity contribution in [1.29, 1.82) is 0 Å². The molecule has 0 aromatic heterocycles. The highest BCUT2D eigenvalue weighted by Gasteiger charge is 2.10. The maximum absolute atomic E-state index is 4.34. The van der Waals surface area contributed by atoms with E-state index in [0.717, 1.165) is 9.29 Å². The van der Waals surface area contributed by atoms with E-state index in [1.54, 1.807) is 0 Å². The normalized spacial score (nSPS) is 11.8. The van der Waals surface area contributed by atoms with Crippen molar-refractivity contribution < 1.29 is 0 Å². The first kappa shape index (κ1) is 12.3. The molecule has 0 radical (unpaired) electrons. The zero-order chi connectivity index (χ0) is 12.4. The molecule has 2 aromatic rings. The molecular formula is C15H14IN. The van der Waals surface area contributed by atoms with E-state index in [4.69, 9.17) is 0 Å². The molecule has 0 aliphatic rings. The summed E-state index contributed by atoms with van der Waals surface area (Å²) in [6.07, 6.45) is 0. The highest BCUT2D eigenvalue weighted by atomic mass is 127. The summed E-state index contributed by atoms with van der Waals surface area (Å²) in [6.45, 7) is 6.12. The van der Waals surface area contributed by atoms with Gasteiger partial charge in [0.2, 0.25) is 0 Å². The summed E-state index contributed by atoms with van der Waals surface area (Å²) in [5, 5.41) is 2.55. The molecule has 0 saturated heterocycles. The lowest BCUT2D eigenvalue weighted by molar-refractivity contribution is 1.41. The van der Waals surface area contributed by atoms with Gasteiger partial charge in [0.15, 0.2) is 0 Å². The number of hydrogen-bond acceptors (Lipinski definition) is 1. The van der Waals surface area contributed by atoms with Gasteiger partial charge in [0.1, 0.15) is 0 Å². The fraction of sp³-hybridized carbons (Fsp3) is 0.133. The number of rotatable bonds is 2. The van der Waals surface area contributed by atoms with E-state index < -0.39 is 0 Å². The Morgan fingerprint density at radius 2 is 1.88 bits per heavy atom. The van der Waals surface area contributed by atoms with E-state index in [2.05, 4.69) is 77.5 Å². The van der Waals surface area contributed by atoms with Gasteiger partial charge in [0.25, 0.3) is 0 Å². The number of allylic oxidation sites excluding steroid dienone is 1. The van der Waals surface area contributed by atoms with Gasteiger partial charge in [-0.3, -0.25) is 4.99 Å². The first-order valence-electron chi connectivity index (χ1n) is 5.45. The number of aliphatic imine (C=N–C) groups is 1. The number of fused-ring (bicyclic) bond motifs is 1. The van der Waals surface area contributed by atoms with Gasteiger partial charge in [-0.2, -0.15) is 0 Å². The Morgan fingerprint density at radius 1 is 1.18 bits per heavy atom. The fourth-order valence-corrected chi connectivity index (χ4v) is 2.60. The maximum Gasteiger partial charge on any atom is 0.0773 e. The zero-order valence-corrected chi connectivity index (χ0v) is 12.2. The molecule has 2 heteroatoms. The van der Waals surface area contributed by atoms with Gasteiger partial charge in [-0.25, -0.2) is 0 Å². The molecule has 1 nitrogen and oxygen atoms in total. The van der Waals surface area contributed by atoms with Crippen LogP contribution < -0.4 is 0 Å². The summed E-state index contributed by atoms with van der Waals surface area (Å²) in [7, 11) is 1.81. The lowest BCUT2D eigenvalue weighted by Crippen LogP contribution is -2.03. The van der Waals surface area contributed by atoms with Crippen molar-refractivity contribution in [3.05, 3.63) is 57.7 Å². The monoisotopic (exact) mass is 335 g/mol. The number of nitrogens with zero attached hydrogens (tertiary/aromatic N) is 1. The molecule has 2 rings (SSSR count). The molecule has 0 unspecified atom stereocenters. The third-order valence-corrected chi connectivity index (χ3v) is 3.44. The highest BCUT2D eigenvalue weighted by molar-refractivity contribution is 14.1. The Hall–Kier alpha value is -1.16. The summed E-state index contributed by atoms with van der Waals surface area (Å²) >= 11 is 2.22. The van der Waals surface area contributed by atoms with Crippen LogP contribution in [0.15, 0.2) is 51.5 Å². The minimum absolute atomic E-state index is 0.975. The number of aryl methyl sites for hydroxylation is 1. The Labute approximate surface area is 115 Å². The molecule has 17 heavy (non-hydrogen) atoms. The van der Waals surface area contributed by atoms with E-state index in [9.17, 15) is 0 Å². The first-order valence-corrected chi connectivity index (χ1v) is 6.53. The van der Waals surface area contributed by atoms with Crippen LogP contribution in [-0.2, 0) is 0 Å².